The van der Waals surface area contributed by atoms with Crippen LogP contribution in [0, 0.1) is 5.92 Å². The SMILES string of the molecule is O=C(CC1CCCCC1)c1cc(Br)cc(Br)c1. The Hall–Kier alpha value is -0.150. The molecule has 0 radical (unpaired) electrons. The van der Waals surface area contributed by atoms with Crippen molar-refractivity contribution < 1.29 is 4.79 Å². The molecule has 0 saturated heterocycles. The van der Waals surface area contributed by atoms with Crippen molar-refractivity contribution in [3.05, 3.63) is 32.7 Å². The number of hydrogen-bond donors (Lipinski definition) is 0. The van der Waals surface area contributed by atoms with Crippen LogP contribution in [0.2, 0.25) is 0 Å². The van der Waals surface area contributed by atoms with Gasteiger partial charge >= 0.3 is 0 Å². The van der Waals surface area contributed by atoms with E-state index in [0.717, 1.165) is 14.5 Å². The van der Waals surface area contributed by atoms with Gasteiger partial charge in [0, 0.05) is 20.9 Å². The number of carbonyl (C=O) groups excluding carboxylic acids is 1. The Labute approximate surface area is 119 Å². The Bertz CT molecular complexity index is 388. The maximum absolute atomic E-state index is 12.2. The molecule has 1 aromatic rings. The van der Waals surface area contributed by atoms with Gasteiger partial charge in [0.1, 0.15) is 0 Å². The summed E-state index contributed by atoms with van der Waals surface area (Å²) >= 11 is 6.85. The zero-order valence-corrected chi connectivity index (χ0v) is 12.9. The van der Waals surface area contributed by atoms with E-state index in [1.807, 2.05) is 18.2 Å². The second-order valence-corrected chi connectivity index (χ2v) is 6.62. The summed E-state index contributed by atoms with van der Waals surface area (Å²) in [5.74, 6) is 0.882. The lowest BCUT2D eigenvalue weighted by Gasteiger charge is -2.20. The van der Waals surface area contributed by atoms with E-state index in [4.69, 9.17) is 0 Å². The third-order valence-corrected chi connectivity index (χ3v) is 4.30. The molecule has 0 amide bonds. The van der Waals surface area contributed by atoms with Crippen LogP contribution in [0.5, 0.6) is 0 Å². The second kappa shape index (κ2) is 6.14. The summed E-state index contributed by atoms with van der Waals surface area (Å²) in [5.41, 5.74) is 0.817. The van der Waals surface area contributed by atoms with Gasteiger partial charge in [0.25, 0.3) is 0 Å². The van der Waals surface area contributed by atoms with E-state index < -0.39 is 0 Å². The van der Waals surface area contributed by atoms with E-state index in [9.17, 15) is 4.79 Å². The molecule has 1 nitrogen and oxygen atoms in total. The Morgan fingerprint density at radius 2 is 1.65 bits per heavy atom. The third kappa shape index (κ3) is 3.92. The summed E-state index contributed by atoms with van der Waals surface area (Å²) in [7, 11) is 0. The van der Waals surface area contributed by atoms with E-state index in [2.05, 4.69) is 31.9 Å². The summed E-state index contributed by atoms with van der Waals surface area (Å²) in [6.45, 7) is 0. The van der Waals surface area contributed by atoms with Crippen LogP contribution >= 0.6 is 31.9 Å². The van der Waals surface area contributed by atoms with Gasteiger partial charge in [0.15, 0.2) is 5.78 Å². The number of halogens is 2. The van der Waals surface area contributed by atoms with Gasteiger partial charge in [-0.25, -0.2) is 0 Å². The molecule has 3 heteroatoms. The first-order valence-electron chi connectivity index (χ1n) is 6.14. The molecule has 0 atom stereocenters. The van der Waals surface area contributed by atoms with Crippen LogP contribution in [0.3, 0.4) is 0 Å². The van der Waals surface area contributed by atoms with Gasteiger partial charge in [-0.05, 0) is 24.1 Å². The standard InChI is InChI=1S/C14H16Br2O/c15-12-7-11(8-13(16)9-12)14(17)6-10-4-2-1-3-5-10/h7-10H,1-6H2. The number of ketones is 1. The summed E-state index contributed by atoms with van der Waals surface area (Å²) < 4.78 is 1.91. The van der Waals surface area contributed by atoms with Gasteiger partial charge in [-0.1, -0.05) is 64.0 Å². The van der Waals surface area contributed by atoms with Crippen LogP contribution in [0.4, 0.5) is 0 Å². The molecule has 1 aliphatic rings. The molecule has 0 aliphatic heterocycles. The Balaban J connectivity index is 2.03. The van der Waals surface area contributed by atoms with Crippen LogP contribution in [0.1, 0.15) is 48.9 Å². The maximum atomic E-state index is 12.2. The molecule has 0 heterocycles. The predicted molar refractivity (Wildman–Crippen MR) is 77.4 cm³/mol. The highest BCUT2D eigenvalue weighted by atomic mass is 79.9. The average molecular weight is 360 g/mol. The molecule has 0 bridgehead atoms. The molecule has 0 unspecified atom stereocenters. The molecule has 1 aliphatic carbocycles. The first-order chi connectivity index (χ1) is 8.15. The Kier molecular flexibility index (Phi) is 4.80. The Morgan fingerprint density at radius 3 is 2.24 bits per heavy atom. The van der Waals surface area contributed by atoms with Gasteiger partial charge < -0.3 is 0 Å². The van der Waals surface area contributed by atoms with Crippen LogP contribution in [-0.2, 0) is 0 Å². The molecule has 92 valence electrons. The molecular weight excluding hydrogens is 344 g/mol. The molecule has 17 heavy (non-hydrogen) atoms. The first-order valence-corrected chi connectivity index (χ1v) is 7.73. The fourth-order valence-corrected chi connectivity index (χ4v) is 3.78. The zero-order chi connectivity index (χ0) is 12.3. The van der Waals surface area contributed by atoms with Crippen LogP contribution in [0.25, 0.3) is 0 Å². The van der Waals surface area contributed by atoms with Gasteiger partial charge in [0.05, 0.1) is 0 Å². The molecule has 2 rings (SSSR count). The minimum absolute atomic E-state index is 0.277. The minimum atomic E-state index is 0.277. The van der Waals surface area contributed by atoms with Crippen LogP contribution < -0.4 is 0 Å². The average Bonchev–Trinajstić information content (AvgIpc) is 2.29. The topological polar surface area (TPSA) is 17.1 Å². The number of Topliss-reactive ketones (excluding diaryl/α,β-unsaturated/α-hetero) is 1. The quantitative estimate of drug-likeness (QED) is 0.663. The number of carbonyl (C=O) groups is 1. The highest BCUT2D eigenvalue weighted by molar-refractivity contribution is 9.11. The fraction of sp³-hybridized carbons (Fsp3) is 0.500. The number of hydrogen-bond acceptors (Lipinski definition) is 1. The molecular formula is C14H16Br2O. The van der Waals surface area contributed by atoms with Crippen molar-refractivity contribution in [2.24, 2.45) is 5.92 Å². The van der Waals surface area contributed by atoms with Crippen LogP contribution in [0.15, 0.2) is 27.1 Å². The lowest BCUT2D eigenvalue weighted by Crippen LogP contribution is -2.12. The number of benzene rings is 1. The summed E-state index contributed by atoms with van der Waals surface area (Å²) in [6, 6.07) is 5.78. The number of rotatable bonds is 3. The van der Waals surface area contributed by atoms with Crippen molar-refractivity contribution >= 4 is 37.6 Å². The highest BCUT2D eigenvalue weighted by Gasteiger charge is 2.18. The normalized spacial score (nSPS) is 17.1. The van der Waals surface area contributed by atoms with E-state index in [0.29, 0.717) is 12.3 Å². The van der Waals surface area contributed by atoms with Gasteiger partial charge in [-0.15, -0.1) is 0 Å². The lowest BCUT2D eigenvalue weighted by molar-refractivity contribution is 0.0950. The van der Waals surface area contributed by atoms with Gasteiger partial charge in [-0.2, -0.15) is 0 Å². The zero-order valence-electron chi connectivity index (χ0n) is 9.72. The third-order valence-electron chi connectivity index (χ3n) is 3.38. The van der Waals surface area contributed by atoms with E-state index in [1.54, 1.807) is 0 Å². The first kappa shape index (κ1) is 13.3. The van der Waals surface area contributed by atoms with Crippen molar-refractivity contribution in [2.45, 2.75) is 38.5 Å². The fourth-order valence-electron chi connectivity index (χ4n) is 2.49. The summed E-state index contributed by atoms with van der Waals surface area (Å²) in [6.07, 6.45) is 7.08. The summed E-state index contributed by atoms with van der Waals surface area (Å²) in [5, 5.41) is 0. The molecule has 1 saturated carbocycles. The monoisotopic (exact) mass is 358 g/mol. The molecule has 0 N–H and O–H groups in total. The van der Waals surface area contributed by atoms with E-state index in [1.165, 1.54) is 32.1 Å². The summed E-state index contributed by atoms with van der Waals surface area (Å²) in [4.78, 5) is 12.2. The van der Waals surface area contributed by atoms with Crippen molar-refractivity contribution in [2.75, 3.05) is 0 Å². The second-order valence-electron chi connectivity index (χ2n) is 4.79. The maximum Gasteiger partial charge on any atom is 0.163 e. The lowest BCUT2D eigenvalue weighted by atomic mass is 9.85. The van der Waals surface area contributed by atoms with Crippen LogP contribution in [-0.4, -0.2) is 5.78 Å². The van der Waals surface area contributed by atoms with Crippen molar-refractivity contribution in [3.63, 3.8) is 0 Å². The minimum Gasteiger partial charge on any atom is -0.294 e. The van der Waals surface area contributed by atoms with Gasteiger partial charge in [-0.3, -0.25) is 4.79 Å². The Morgan fingerprint density at radius 1 is 1.06 bits per heavy atom. The molecule has 1 aromatic carbocycles. The smallest absolute Gasteiger partial charge is 0.163 e. The largest absolute Gasteiger partial charge is 0.294 e. The highest BCUT2D eigenvalue weighted by Crippen LogP contribution is 2.28. The van der Waals surface area contributed by atoms with Crippen molar-refractivity contribution in [1.82, 2.24) is 0 Å². The molecule has 0 aromatic heterocycles. The van der Waals surface area contributed by atoms with Gasteiger partial charge in [0.2, 0.25) is 0 Å². The molecule has 1 fully saturated rings. The predicted octanol–water partition coefficient (Wildman–Crippen LogP) is 5.36. The molecule has 0 spiro atoms. The van der Waals surface area contributed by atoms with E-state index in [-0.39, 0.29) is 5.78 Å². The van der Waals surface area contributed by atoms with E-state index >= 15 is 0 Å². The van der Waals surface area contributed by atoms with Crippen molar-refractivity contribution in [1.29, 1.82) is 0 Å². The van der Waals surface area contributed by atoms with Crippen molar-refractivity contribution in [3.8, 4) is 0 Å².